The normalized spacial score (nSPS) is 21.0. The Kier molecular flexibility index (Phi) is 10.5. The minimum absolute atomic E-state index is 0.282. The monoisotopic (exact) mass is 573 g/mol. The lowest BCUT2D eigenvalue weighted by Crippen LogP contribution is -2.49. The second-order valence-corrected chi connectivity index (χ2v) is 9.13. The van der Waals surface area contributed by atoms with Crippen molar-refractivity contribution in [3.63, 3.8) is 0 Å². The smallest absolute Gasteiger partial charge is 0.475 e. The maximum atomic E-state index is 12.1. The summed E-state index contributed by atoms with van der Waals surface area (Å²) in [6.07, 6.45) is -1.70. The van der Waals surface area contributed by atoms with E-state index in [0.29, 0.717) is 24.4 Å². The molecule has 2 aliphatic rings. The van der Waals surface area contributed by atoms with Gasteiger partial charge in [-0.3, -0.25) is 9.48 Å². The van der Waals surface area contributed by atoms with Gasteiger partial charge in [0.25, 0.3) is 0 Å². The Labute approximate surface area is 216 Å². The van der Waals surface area contributed by atoms with Crippen LogP contribution >= 0.6 is 11.3 Å². The van der Waals surface area contributed by atoms with Crippen LogP contribution in [0.3, 0.4) is 0 Å². The molecule has 38 heavy (non-hydrogen) atoms. The van der Waals surface area contributed by atoms with Gasteiger partial charge in [-0.1, -0.05) is 6.92 Å². The van der Waals surface area contributed by atoms with E-state index in [4.69, 9.17) is 19.8 Å². The van der Waals surface area contributed by atoms with Gasteiger partial charge in [-0.05, 0) is 24.8 Å². The van der Waals surface area contributed by atoms with Crippen LogP contribution in [0.2, 0.25) is 0 Å². The zero-order chi connectivity index (χ0) is 28.7. The Bertz CT molecular complexity index is 1020. The third-order valence-electron chi connectivity index (χ3n) is 5.76. The summed E-state index contributed by atoms with van der Waals surface area (Å²) in [5, 5.41) is 21.8. The van der Waals surface area contributed by atoms with Gasteiger partial charge in [-0.25, -0.2) is 14.6 Å². The number of rotatable bonds is 4. The van der Waals surface area contributed by atoms with Crippen LogP contribution in [-0.2, 0) is 20.9 Å². The highest BCUT2D eigenvalue weighted by atomic mass is 32.1. The van der Waals surface area contributed by atoms with Gasteiger partial charge >= 0.3 is 24.3 Å². The minimum Gasteiger partial charge on any atom is -0.475 e. The molecule has 0 aromatic carbocycles. The standard InChI is InChI=1S/C17H23N5OS.2C2HF3O2/c1-2-16(23)20-8-4-15-13(11-20)10-14(12-21-7-3-5-19-21)22(15)17-18-6-9-24-17;2*3-2(4,5)1(6)7/h3,5-7,9,13-15H,2,4,8,10-12H2,1H3;2*(H,6,7)/t13-,14+,15+;;/m1../s1. The number of aromatic nitrogens is 3. The van der Waals surface area contributed by atoms with Crippen LogP contribution in [0.5, 0.6) is 0 Å². The molecule has 2 saturated heterocycles. The van der Waals surface area contributed by atoms with Crippen molar-refractivity contribution in [2.24, 2.45) is 5.92 Å². The first-order valence-corrected chi connectivity index (χ1v) is 12.1. The number of hydrogen-bond donors (Lipinski definition) is 2. The van der Waals surface area contributed by atoms with Crippen LogP contribution in [-0.4, -0.2) is 85.2 Å². The van der Waals surface area contributed by atoms with Crippen LogP contribution in [0.15, 0.2) is 30.0 Å². The average molecular weight is 574 g/mol. The number of anilines is 1. The average Bonchev–Trinajstić information content (AvgIpc) is 3.59. The number of nitrogens with zero attached hydrogens (tertiary/aromatic N) is 5. The van der Waals surface area contributed by atoms with Gasteiger partial charge in [0, 0.05) is 49.5 Å². The molecule has 0 radical (unpaired) electrons. The number of carboxylic acid groups (broad SMARTS) is 2. The predicted molar refractivity (Wildman–Crippen MR) is 121 cm³/mol. The topological polar surface area (TPSA) is 129 Å². The van der Waals surface area contributed by atoms with E-state index in [0.717, 1.165) is 37.6 Å². The molecular formula is C21H25F6N5O5S. The lowest BCUT2D eigenvalue weighted by atomic mass is 9.92. The van der Waals surface area contributed by atoms with Crippen LogP contribution in [0.1, 0.15) is 26.2 Å². The molecular weight excluding hydrogens is 548 g/mol. The molecule has 2 fully saturated rings. The van der Waals surface area contributed by atoms with E-state index in [-0.39, 0.29) is 5.91 Å². The number of amides is 1. The molecule has 3 atom stereocenters. The molecule has 0 aliphatic carbocycles. The highest BCUT2D eigenvalue weighted by Gasteiger charge is 2.45. The molecule has 2 N–H and O–H groups in total. The lowest BCUT2D eigenvalue weighted by molar-refractivity contribution is -0.193. The summed E-state index contributed by atoms with van der Waals surface area (Å²) in [6.45, 7) is 4.58. The quantitative estimate of drug-likeness (QED) is 0.532. The SMILES string of the molecule is CCC(=O)N1CC[C@H]2[C@H](C[C@@H](Cn3cccn3)N2c2nccs2)C1.O=C(O)C(F)(F)F.O=C(O)C(F)(F)F. The van der Waals surface area contributed by atoms with Gasteiger partial charge in [0.2, 0.25) is 5.91 Å². The fourth-order valence-electron chi connectivity index (χ4n) is 4.23. The number of carbonyl (C=O) groups excluding carboxylic acids is 1. The van der Waals surface area contributed by atoms with Gasteiger partial charge in [-0.15, -0.1) is 11.3 Å². The van der Waals surface area contributed by atoms with Crippen LogP contribution in [0, 0.1) is 5.92 Å². The van der Waals surface area contributed by atoms with E-state index in [1.165, 1.54) is 0 Å². The molecule has 17 heteroatoms. The molecule has 212 valence electrons. The molecule has 1 amide bonds. The number of piperidine rings is 1. The van der Waals surface area contributed by atoms with Crippen LogP contribution < -0.4 is 4.90 Å². The van der Waals surface area contributed by atoms with Crippen molar-refractivity contribution >= 4 is 34.3 Å². The van der Waals surface area contributed by atoms with E-state index in [1.807, 2.05) is 41.6 Å². The maximum Gasteiger partial charge on any atom is 0.490 e. The van der Waals surface area contributed by atoms with Crippen LogP contribution in [0.25, 0.3) is 0 Å². The number of hydrogen-bond acceptors (Lipinski definition) is 7. The molecule has 4 rings (SSSR count). The van der Waals surface area contributed by atoms with Gasteiger partial charge in [0.1, 0.15) is 0 Å². The summed E-state index contributed by atoms with van der Waals surface area (Å²) in [6, 6.07) is 2.84. The van der Waals surface area contributed by atoms with Crippen molar-refractivity contribution in [1.82, 2.24) is 19.7 Å². The van der Waals surface area contributed by atoms with Crippen LogP contribution in [0.4, 0.5) is 31.5 Å². The van der Waals surface area contributed by atoms with Crippen molar-refractivity contribution in [3.8, 4) is 0 Å². The van der Waals surface area contributed by atoms with Gasteiger partial charge in [0.15, 0.2) is 5.13 Å². The number of likely N-dealkylation sites (tertiary alicyclic amines) is 1. The first-order valence-electron chi connectivity index (χ1n) is 11.2. The fourth-order valence-corrected chi connectivity index (χ4v) is 5.00. The second kappa shape index (κ2) is 12.9. The number of aliphatic carboxylic acids is 2. The molecule has 0 bridgehead atoms. The summed E-state index contributed by atoms with van der Waals surface area (Å²) < 4.78 is 65.5. The van der Waals surface area contributed by atoms with E-state index >= 15 is 0 Å². The Morgan fingerprint density at radius 1 is 1.08 bits per heavy atom. The zero-order valence-corrected chi connectivity index (χ0v) is 20.7. The lowest BCUT2D eigenvalue weighted by Gasteiger charge is -2.38. The molecule has 0 spiro atoms. The number of alkyl halides is 6. The van der Waals surface area contributed by atoms with Gasteiger partial charge in [0.05, 0.1) is 12.6 Å². The van der Waals surface area contributed by atoms with E-state index in [1.54, 1.807) is 11.3 Å². The second-order valence-electron chi connectivity index (χ2n) is 8.25. The van der Waals surface area contributed by atoms with E-state index < -0.39 is 24.3 Å². The van der Waals surface area contributed by atoms with Crippen molar-refractivity contribution in [2.45, 2.75) is 57.2 Å². The molecule has 10 nitrogen and oxygen atoms in total. The summed E-state index contributed by atoms with van der Waals surface area (Å²) in [7, 11) is 0. The number of carbonyl (C=O) groups is 3. The summed E-state index contributed by atoms with van der Waals surface area (Å²) in [4.78, 5) is 39.0. The largest absolute Gasteiger partial charge is 0.490 e. The number of thiazole rings is 1. The maximum absolute atomic E-state index is 12.1. The van der Waals surface area contributed by atoms with Gasteiger partial charge in [-0.2, -0.15) is 31.4 Å². The number of carboxylic acids is 2. The zero-order valence-electron chi connectivity index (χ0n) is 19.9. The number of fused-ring (bicyclic) bond motifs is 1. The molecule has 0 saturated carbocycles. The van der Waals surface area contributed by atoms with Crippen molar-refractivity contribution in [3.05, 3.63) is 30.0 Å². The van der Waals surface area contributed by atoms with E-state index in [2.05, 4.69) is 19.9 Å². The highest BCUT2D eigenvalue weighted by Crippen LogP contribution is 2.40. The summed E-state index contributed by atoms with van der Waals surface area (Å²) >= 11 is 1.71. The van der Waals surface area contributed by atoms with E-state index in [9.17, 15) is 31.1 Å². The first-order chi connectivity index (χ1) is 17.6. The van der Waals surface area contributed by atoms with Crippen molar-refractivity contribution in [1.29, 1.82) is 0 Å². The molecule has 0 unspecified atom stereocenters. The molecule has 2 aromatic rings. The third-order valence-corrected chi connectivity index (χ3v) is 6.54. The number of halogens is 6. The van der Waals surface area contributed by atoms with Crippen molar-refractivity contribution < 1.29 is 50.9 Å². The summed E-state index contributed by atoms with van der Waals surface area (Å²) in [5.41, 5.74) is 0. The fraction of sp³-hybridized carbons (Fsp3) is 0.571. The minimum atomic E-state index is -5.08. The Morgan fingerprint density at radius 3 is 2.13 bits per heavy atom. The molecule has 4 heterocycles. The molecule has 2 aromatic heterocycles. The Balaban J connectivity index is 0.000000301. The summed E-state index contributed by atoms with van der Waals surface area (Å²) in [5.74, 6) is -4.71. The predicted octanol–water partition coefficient (Wildman–Crippen LogP) is 3.51. The molecule has 2 aliphatic heterocycles. The Hall–Kier alpha value is -3.37. The first kappa shape index (κ1) is 30.9. The highest BCUT2D eigenvalue weighted by molar-refractivity contribution is 7.13. The third kappa shape index (κ3) is 8.59. The van der Waals surface area contributed by atoms with Gasteiger partial charge < -0.3 is 20.0 Å². The van der Waals surface area contributed by atoms with Crippen molar-refractivity contribution in [2.75, 3.05) is 18.0 Å². The Morgan fingerprint density at radius 2 is 1.68 bits per heavy atom.